The second-order valence-corrected chi connectivity index (χ2v) is 4.51. The van der Waals surface area contributed by atoms with Crippen LogP contribution in [0.25, 0.3) is 0 Å². The summed E-state index contributed by atoms with van der Waals surface area (Å²) in [6.07, 6.45) is 0. The lowest BCUT2D eigenvalue weighted by Crippen LogP contribution is -2.36. The van der Waals surface area contributed by atoms with E-state index in [1.807, 2.05) is 26.0 Å². The van der Waals surface area contributed by atoms with Crippen LogP contribution in [0.3, 0.4) is 0 Å². The third-order valence-corrected chi connectivity index (χ3v) is 2.61. The van der Waals surface area contributed by atoms with Crippen molar-refractivity contribution in [1.29, 1.82) is 0 Å². The van der Waals surface area contributed by atoms with E-state index in [9.17, 15) is 4.79 Å². The third-order valence-electron chi connectivity index (χ3n) is 2.61. The summed E-state index contributed by atoms with van der Waals surface area (Å²) in [4.78, 5) is 13.5. The molecule has 1 aromatic carbocycles. The molecule has 0 aliphatic carbocycles. The summed E-state index contributed by atoms with van der Waals surface area (Å²) in [5, 5.41) is 11.7. The van der Waals surface area contributed by atoms with Crippen molar-refractivity contribution in [1.82, 2.24) is 4.90 Å². The molecule has 2 amide bonds. The summed E-state index contributed by atoms with van der Waals surface area (Å²) in [7, 11) is 0. The third kappa shape index (κ3) is 5.32. The molecule has 0 aliphatic rings. The van der Waals surface area contributed by atoms with Crippen molar-refractivity contribution >= 4 is 11.7 Å². The Morgan fingerprint density at radius 3 is 2.85 bits per heavy atom. The molecule has 0 spiro atoms. The number of likely N-dealkylation sites (N-methyl/N-ethyl adjacent to an activating group) is 1. The molecule has 0 saturated carbocycles. The molecule has 0 heterocycles. The van der Waals surface area contributed by atoms with Gasteiger partial charge in [0.15, 0.2) is 0 Å². The van der Waals surface area contributed by atoms with E-state index in [-0.39, 0.29) is 12.6 Å². The van der Waals surface area contributed by atoms with Gasteiger partial charge in [0.25, 0.3) is 0 Å². The van der Waals surface area contributed by atoms with Crippen molar-refractivity contribution in [3.63, 3.8) is 0 Å². The number of nitrogens with zero attached hydrogens (tertiary/aromatic N) is 1. The topological polar surface area (TPSA) is 61.8 Å². The van der Waals surface area contributed by atoms with Crippen molar-refractivity contribution in [3.8, 4) is 5.75 Å². The minimum atomic E-state index is -0.237. The first-order valence-corrected chi connectivity index (χ1v) is 6.60. The monoisotopic (exact) mass is 278 g/mol. The first kappa shape index (κ1) is 16.0. The molecule has 0 fully saturated rings. The molecule has 0 radical (unpaired) electrons. The van der Waals surface area contributed by atoms with Crippen LogP contribution in [0.15, 0.2) is 36.4 Å². The highest BCUT2D eigenvalue weighted by Gasteiger charge is 2.11. The quantitative estimate of drug-likeness (QED) is 0.753. The van der Waals surface area contributed by atoms with Crippen LogP contribution in [0.5, 0.6) is 5.75 Å². The van der Waals surface area contributed by atoms with Crippen LogP contribution in [-0.4, -0.2) is 42.3 Å². The lowest BCUT2D eigenvalue weighted by atomic mass is 10.3. The molecular formula is C15H22N2O3. The second-order valence-electron chi connectivity index (χ2n) is 4.51. The lowest BCUT2D eigenvalue weighted by Gasteiger charge is -2.20. The predicted molar refractivity (Wildman–Crippen MR) is 80.1 cm³/mol. The number of aliphatic hydroxyl groups is 1. The predicted octanol–water partition coefficient (Wildman–Crippen LogP) is 2.49. The van der Waals surface area contributed by atoms with E-state index < -0.39 is 0 Å². The molecule has 1 aromatic rings. The van der Waals surface area contributed by atoms with Gasteiger partial charge in [0.1, 0.15) is 12.4 Å². The van der Waals surface area contributed by atoms with Gasteiger partial charge in [0, 0.05) is 24.8 Å². The van der Waals surface area contributed by atoms with Gasteiger partial charge in [0.2, 0.25) is 0 Å². The summed E-state index contributed by atoms with van der Waals surface area (Å²) in [6, 6.07) is 6.94. The maximum absolute atomic E-state index is 12.0. The molecule has 110 valence electrons. The fourth-order valence-electron chi connectivity index (χ4n) is 1.60. The van der Waals surface area contributed by atoms with E-state index in [1.165, 1.54) is 4.90 Å². The number of urea groups is 1. The van der Waals surface area contributed by atoms with Crippen molar-refractivity contribution in [2.24, 2.45) is 0 Å². The van der Waals surface area contributed by atoms with Crippen LogP contribution in [0, 0.1) is 0 Å². The molecule has 2 N–H and O–H groups in total. The summed E-state index contributed by atoms with van der Waals surface area (Å²) >= 11 is 0. The Balaban J connectivity index is 2.65. The van der Waals surface area contributed by atoms with Gasteiger partial charge in [-0.25, -0.2) is 4.79 Å². The SMILES string of the molecule is C=C(C)COc1cccc(NC(=O)N(CC)CCO)c1. The number of hydrogen-bond acceptors (Lipinski definition) is 3. The largest absolute Gasteiger partial charge is 0.489 e. The van der Waals surface area contributed by atoms with E-state index in [0.717, 1.165) is 5.57 Å². The Labute approximate surface area is 119 Å². The van der Waals surface area contributed by atoms with Crippen LogP contribution in [0.4, 0.5) is 10.5 Å². The Morgan fingerprint density at radius 1 is 1.50 bits per heavy atom. The first-order chi connectivity index (χ1) is 9.56. The molecule has 1 rings (SSSR count). The molecule has 5 heteroatoms. The highest BCUT2D eigenvalue weighted by Crippen LogP contribution is 2.18. The number of nitrogens with one attached hydrogen (secondary N) is 1. The van der Waals surface area contributed by atoms with Gasteiger partial charge in [-0.15, -0.1) is 0 Å². The number of carbonyl (C=O) groups is 1. The van der Waals surface area contributed by atoms with Gasteiger partial charge in [0.05, 0.1) is 6.61 Å². The molecule has 0 aliphatic heterocycles. The minimum absolute atomic E-state index is 0.0526. The van der Waals surface area contributed by atoms with Gasteiger partial charge < -0.3 is 20.1 Å². The smallest absolute Gasteiger partial charge is 0.321 e. The minimum Gasteiger partial charge on any atom is -0.489 e. The molecule has 0 aromatic heterocycles. The Hall–Kier alpha value is -2.01. The van der Waals surface area contributed by atoms with Crippen molar-refractivity contribution < 1.29 is 14.6 Å². The van der Waals surface area contributed by atoms with Crippen molar-refractivity contribution in [2.75, 3.05) is 31.6 Å². The maximum Gasteiger partial charge on any atom is 0.321 e. The zero-order valence-corrected chi connectivity index (χ0v) is 12.1. The number of amides is 2. The zero-order valence-electron chi connectivity index (χ0n) is 12.1. The average molecular weight is 278 g/mol. The fourth-order valence-corrected chi connectivity index (χ4v) is 1.60. The molecular weight excluding hydrogens is 256 g/mol. The highest BCUT2D eigenvalue weighted by atomic mass is 16.5. The van der Waals surface area contributed by atoms with Gasteiger partial charge in [-0.05, 0) is 31.6 Å². The van der Waals surface area contributed by atoms with E-state index in [1.54, 1.807) is 12.1 Å². The number of anilines is 1. The van der Waals surface area contributed by atoms with Crippen molar-refractivity contribution in [2.45, 2.75) is 13.8 Å². The summed E-state index contributed by atoms with van der Waals surface area (Å²) < 4.78 is 5.52. The number of aliphatic hydroxyl groups excluding tert-OH is 1. The van der Waals surface area contributed by atoms with E-state index in [4.69, 9.17) is 9.84 Å². The second kappa shape index (κ2) is 8.22. The standard InChI is InChI=1S/C15H22N2O3/c1-4-17(8-9-18)15(19)16-13-6-5-7-14(10-13)20-11-12(2)3/h5-7,10,18H,2,4,8-9,11H2,1,3H3,(H,16,19). The molecule has 0 unspecified atom stereocenters. The van der Waals surface area contributed by atoms with E-state index in [2.05, 4.69) is 11.9 Å². The molecule has 20 heavy (non-hydrogen) atoms. The summed E-state index contributed by atoms with van der Waals surface area (Å²) in [6.45, 7) is 8.77. The zero-order chi connectivity index (χ0) is 15.0. The number of benzene rings is 1. The van der Waals surface area contributed by atoms with Crippen LogP contribution < -0.4 is 10.1 Å². The Morgan fingerprint density at radius 2 is 2.25 bits per heavy atom. The highest BCUT2D eigenvalue weighted by molar-refractivity contribution is 5.89. The molecule has 0 saturated heterocycles. The van der Waals surface area contributed by atoms with Gasteiger partial charge in [-0.3, -0.25) is 0 Å². The molecule has 0 bridgehead atoms. The van der Waals surface area contributed by atoms with Crippen LogP contribution >= 0.6 is 0 Å². The average Bonchev–Trinajstić information content (AvgIpc) is 2.42. The van der Waals surface area contributed by atoms with Gasteiger partial charge in [-0.1, -0.05) is 12.6 Å². The summed E-state index contributed by atoms with van der Waals surface area (Å²) in [5.41, 5.74) is 1.59. The lowest BCUT2D eigenvalue weighted by molar-refractivity contribution is 0.192. The molecule has 0 atom stereocenters. The van der Waals surface area contributed by atoms with Crippen LogP contribution in [0.1, 0.15) is 13.8 Å². The van der Waals surface area contributed by atoms with E-state index in [0.29, 0.717) is 31.1 Å². The number of carbonyl (C=O) groups excluding carboxylic acids is 1. The molecule has 5 nitrogen and oxygen atoms in total. The van der Waals surface area contributed by atoms with Crippen molar-refractivity contribution in [3.05, 3.63) is 36.4 Å². The maximum atomic E-state index is 12.0. The first-order valence-electron chi connectivity index (χ1n) is 6.60. The van der Waals surface area contributed by atoms with Gasteiger partial charge >= 0.3 is 6.03 Å². The van der Waals surface area contributed by atoms with Gasteiger partial charge in [-0.2, -0.15) is 0 Å². The summed E-state index contributed by atoms with van der Waals surface area (Å²) in [5.74, 6) is 0.677. The Bertz CT molecular complexity index is 460. The fraction of sp³-hybridized carbons (Fsp3) is 0.400. The van der Waals surface area contributed by atoms with Crippen LogP contribution in [-0.2, 0) is 0 Å². The van der Waals surface area contributed by atoms with E-state index >= 15 is 0 Å². The Kier molecular flexibility index (Phi) is 6.59. The normalized spacial score (nSPS) is 9.95. The number of ether oxygens (including phenoxy) is 1. The van der Waals surface area contributed by atoms with Crippen LogP contribution in [0.2, 0.25) is 0 Å². The number of rotatable bonds is 7. The number of hydrogen-bond donors (Lipinski definition) is 2.